The van der Waals surface area contributed by atoms with Crippen molar-refractivity contribution >= 4 is 29.1 Å². The molecule has 0 aliphatic carbocycles. The zero-order valence-electron chi connectivity index (χ0n) is 7.96. The van der Waals surface area contributed by atoms with E-state index in [1.165, 1.54) is 0 Å². The van der Waals surface area contributed by atoms with Crippen LogP contribution >= 0.6 is 23.2 Å². The second kappa shape index (κ2) is 4.00. The Morgan fingerprint density at radius 2 is 1.93 bits per heavy atom. The third-order valence-corrected chi connectivity index (χ3v) is 2.90. The maximum Gasteiger partial charge on any atom is 0.251 e. The molecule has 1 aromatic rings. The number of carbonyl (C=O) groups excluding carboxylic acids is 1. The first kappa shape index (κ1) is 10.7. The fraction of sp³-hybridized carbons (Fsp3) is 0.300. The molecule has 2 atom stereocenters. The van der Waals surface area contributed by atoms with Gasteiger partial charge in [0.05, 0.1) is 0 Å². The lowest BCUT2D eigenvalue weighted by Gasteiger charge is -2.13. The Bertz CT molecular complexity index is 388. The number of halogens is 2. The Hall–Kier alpha value is -0.770. The Balaban J connectivity index is 2.35. The zero-order valence-corrected chi connectivity index (χ0v) is 9.47. The van der Waals surface area contributed by atoms with E-state index in [0.29, 0.717) is 15.6 Å². The third-order valence-electron chi connectivity index (χ3n) is 2.24. The van der Waals surface area contributed by atoms with Gasteiger partial charge < -0.3 is 10.1 Å². The minimum absolute atomic E-state index is 0.156. The van der Waals surface area contributed by atoms with Gasteiger partial charge in [0.25, 0.3) is 5.91 Å². The lowest BCUT2D eigenvalue weighted by Crippen LogP contribution is -2.22. The predicted octanol–water partition coefficient (Wildman–Crippen LogP) is 2.53. The Kier molecular flexibility index (Phi) is 2.87. The number of rotatable bonds is 1. The average molecular weight is 246 g/mol. The van der Waals surface area contributed by atoms with Gasteiger partial charge in [-0.1, -0.05) is 29.3 Å². The number of nitrogens with one attached hydrogen (secondary N) is 1. The summed E-state index contributed by atoms with van der Waals surface area (Å²) in [5.74, 6) is -0.156. The number of carbonyl (C=O) groups is 1. The number of hydrogen-bond acceptors (Lipinski definition) is 2. The van der Waals surface area contributed by atoms with Crippen LogP contribution < -0.4 is 5.32 Å². The van der Waals surface area contributed by atoms with Crippen molar-refractivity contribution in [2.75, 3.05) is 0 Å². The fourth-order valence-corrected chi connectivity index (χ4v) is 2.04. The molecule has 0 radical (unpaired) electrons. The van der Waals surface area contributed by atoms with Crippen LogP contribution in [0.5, 0.6) is 0 Å². The maximum atomic E-state index is 11.3. The van der Waals surface area contributed by atoms with Crippen LogP contribution in [0.3, 0.4) is 0 Å². The topological polar surface area (TPSA) is 38.3 Å². The minimum Gasteiger partial charge on any atom is -0.341 e. The minimum atomic E-state index is -0.548. The van der Waals surface area contributed by atoms with Gasteiger partial charge in [0.1, 0.15) is 6.10 Å². The van der Waals surface area contributed by atoms with E-state index in [1.807, 2.05) is 0 Å². The lowest BCUT2D eigenvalue weighted by atomic mass is 10.2. The van der Waals surface area contributed by atoms with Gasteiger partial charge in [-0.05, 0) is 19.1 Å². The number of ether oxygens (including phenoxy) is 1. The summed E-state index contributed by atoms with van der Waals surface area (Å²) in [6, 6.07) is 5.16. The summed E-state index contributed by atoms with van der Waals surface area (Å²) in [6.07, 6.45) is -1.02. The molecule has 1 aliphatic heterocycles. The van der Waals surface area contributed by atoms with Gasteiger partial charge in [0.15, 0.2) is 6.23 Å². The van der Waals surface area contributed by atoms with Crippen molar-refractivity contribution in [1.29, 1.82) is 0 Å². The lowest BCUT2D eigenvalue weighted by molar-refractivity contribution is -0.122. The SMILES string of the molecule is C[C@H]1O[C@H](c2c(Cl)cccc2Cl)NC1=O. The average Bonchev–Trinajstić information content (AvgIpc) is 2.46. The molecule has 1 amide bonds. The van der Waals surface area contributed by atoms with Crippen molar-refractivity contribution < 1.29 is 9.53 Å². The molecule has 5 heteroatoms. The molecule has 1 N–H and O–H groups in total. The number of amides is 1. The molecule has 0 saturated carbocycles. The molecule has 0 unspecified atom stereocenters. The van der Waals surface area contributed by atoms with E-state index < -0.39 is 12.3 Å². The van der Waals surface area contributed by atoms with Crippen molar-refractivity contribution in [2.24, 2.45) is 0 Å². The molecular weight excluding hydrogens is 237 g/mol. The quantitative estimate of drug-likeness (QED) is 0.826. The molecule has 80 valence electrons. The maximum absolute atomic E-state index is 11.3. The van der Waals surface area contributed by atoms with Crippen LogP contribution in [0.25, 0.3) is 0 Å². The molecular formula is C10H9Cl2NO2. The van der Waals surface area contributed by atoms with E-state index >= 15 is 0 Å². The van der Waals surface area contributed by atoms with E-state index in [4.69, 9.17) is 27.9 Å². The van der Waals surface area contributed by atoms with Crippen LogP contribution in [-0.2, 0) is 9.53 Å². The van der Waals surface area contributed by atoms with Gasteiger partial charge in [0, 0.05) is 15.6 Å². The summed E-state index contributed by atoms with van der Waals surface area (Å²) < 4.78 is 5.39. The summed E-state index contributed by atoms with van der Waals surface area (Å²) in [7, 11) is 0. The molecule has 1 saturated heterocycles. The summed E-state index contributed by atoms with van der Waals surface area (Å²) in [6.45, 7) is 1.68. The highest BCUT2D eigenvalue weighted by Gasteiger charge is 2.32. The number of benzene rings is 1. The molecule has 15 heavy (non-hydrogen) atoms. The van der Waals surface area contributed by atoms with Gasteiger partial charge in [-0.3, -0.25) is 4.79 Å². The van der Waals surface area contributed by atoms with Crippen LogP contribution in [0.4, 0.5) is 0 Å². The van der Waals surface area contributed by atoms with Crippen LogP contribution in [0.15, 0.2) is 18.2 Å². The van der Waals surface area contributed by atoms with Gasteiger partial charge in [0.2, 0.25) is 0 Å². The molecule has 3 nitrogen and oxygen atoms in total. The first-order valence-corrected chi connectivity index (χ1v) is 5.25. The molecule has 0 aromatic heterocycles. The van der Waals surface area contributed by atoms with Crippen LogP contribution in [0.1, 0.15) is 18.7 Å². The fourth-order valence-electron chi connectivity index (χ4n) is 1.45. The van der Waals surface area contributed by atoms with Crippen LogP contribution in [-0.4, -0.2) is 12.0 Å². The third kappa shape index (κ3) is 1.95. The summed E-state index contributed by atoms with van der Waals surface area (Å²) in [5, 5.41) is 3.65. The summed E-state index contributed by atoms with van der Waals surface area (Å²) >= 11 is 12.0. The van der Waals surface area contributed by atoms with E-state index in [2.05, 4.69) is 5.32 Å². The van der Waals surface area contributed by atoms with Crippen molar-refractivity contribution in [1.82, 2.24) is 5.32 Å². The van der Waals surface area contributed by atoms with E-state index in [-0.39, 0.29) is 5.91 Å². The van der Waals surface area contributed by atoms with Crippen LogP contribution in [0, 0.1) is 0 Å². The first-order chi connectivity index (χ1) is 7.09. The van der Waals surface area contributed by atoms with Gasteiger partial charge in [-0.25, -0.2) is 0 Å². The van der Waals surface area contributed by atoms with Gasteiger partial charge in [-0.2, -0.15) is 0 Å². The zero-order chi connectivity index (χ0) is 11.0. The van der Waals surface area contributed by atoms with Gasteiger partial charge in [-0.15, -0.1) is 0 Å². The van der Waals surface area contributed by atoms with Gasteiger partial charge >= 0.3 is 0 Å². The number of hydrogen-bond donors (Lipinski definition) is 1. The highest BCUT2D eigenvalue weighted by Crippen LogP contribution is 2.33. The van der Waals surface area contributed by atoms with E-state index in [9.17, 15) is 4.79 Å². The molecule has 1 aliphatic rings. The molecule has 0 spiro atoms. The second-order valence-corrected chi connectivity index (χ2v) is 4.12. The van der Waals surface area contributed by atoms with E-state index in [1.54, 1.807) is 25.1 Å². The van der Waals surface area contributed by atoms with Crippen LogP contribution in [0.2, 0.25) is 10.0 Å². The highest BCUT2D eigenvalue weighted by atomic mass is 35.5. The Morgan fingerprint density at radius 1 is 1.33 bits per heavy atom. The largest absolute Gasteiger partial charge is 0.341 e. The molecule has 1 heterocycles. The molecule has 1 fully saturated rings. The highest BCUT2D eigenvalue weighted by molar-refractivity contribution is 6.36. The normalized spacial score (nSPS) is 25.4. The Morgan fingerprint density at radius 3 is 2.40 bits per heavy atom. The predicted molar refractivity (Wildman–Crippen MR) is 57.9 cm³/mol. The van der Waals surface area contributed by atoms with E-state index in [0.717, 1.165) is 0 Å². The smallest absolute Gasteiger partial charge is 0.251 e. The van der Waals surface area contributed by atoms with Crippen molar-refractivity contribution in [2.45, 2.75) is 19.3 Å². The van der Waals surface area contributed by atoms with Crippen molar-refractivity contribution in [3.63, 3.8) is 0 Å². The standard InChI is InChI=1S/C10H9Cl2NO2/c1-5-9(14)13-10(15-5)8-6(11)3-2-4-7(8)12/h2-5,10H,1H3,(H,13,14)/t5-,10-/m1/s1. The first-order valence-electron chi connectivity index (χ1n) is 4.49. The van der Waals surface area contributed by atoms with Crippen molar-refractivity contribution in [3.8, 4) is 0 Å². The Labute approximate surface area is 97.3 Å². The summed E-state index contributed by atoms with van der Waals surface area (Å²) in [5.41, 5.74) is 0.610. The monoisotopic (exact) mass is 245 g/mol. The van der Waals surface area contributed by atoms with Crippen molar-refractivity contribution in [3.05, 3.63) is 33.8 Å². The molecule has 0 bridgehead atoms. The summed E-state index contributed by atoms with van der Waals surface area (Å²) in [4.78, 5) is 11.3. The molecule has 2 rings (SSSR count). The molecule has 1 aromatic carbocycles. The second-order valence-electron chi connectivity index (χ2n) is 3.30.